The van der Waals surface area contributed by atoms with Crippen LogP contribution in [0, 0.1) is 29.6 Å². The summed E-state index contributed by atoms with van der Waals surface area (Å²) < 4.78 is 5.32. The molecule has 12 heteroatoms. The molecule has 0 aliphatic heterocycles. The zero-order chi connectivity index (χ0) is 30.1. The number of hydrogen-bond acceptors (Lipinski definition) is 9. The molecular formula is C28H39N3O9. The van der Waals surface area contributed by atoms with Crippen molar-refractivity contribution in [2.75, 3.05) is 6.61 Å². The molecular weight excluding hydrogens is 522 g/mol. The van der Waals surface area contributed by atoms with Crippen LogP contribution in [0.2, 0.25) is 0 Å². The Morgan fingerprint density at radius 2 is 1.65 bits per heavy atom. The number of carboxylic acids is 1. The number of rotatable bonds is 13. The SMILES string of the molecule is CC(C)C[C@H](N)[C@@H](O)CC(C(=O)NC(=O)[C@@H]1C(=O)[C@@H](NC(=O)COc2ccccc2)CC(=O)C1C(=O)O)C(C)C. The molecule has 1 aliphatic rings. The van der Waals surface area contributed by atoms with Crippen molar-refractivity contribution < 1.29 is 43.7 Å². The molecule has 1 aromatic rings. The molecule has 0 bridgehead atoms. The second-order valence-corrected chi connectivity index (χ2v) is 10.9. The Balaban J connectivity index is 2.15. The summed E-state index contributed by atoms with van der Waals surface area (Å²) in [6.45, 7) is 6.79. The smallest absolute Gasteiger partial charge is 0.315 e. The highest BCUT2D eigenvalue weighted by Crippen LogP contribution is 2.27. The van der Waals surface area contributed by atoms with Gasteiger partial charge in [-0.05, 0) is 36.8 Å². The van der Waals surface area contributed by atoms with Gasteiger partial charge in [-0.15, -0.1) is 0 Å². The summed E-state index contributed by atoms with van der Waals surface area (Å²) >= 11 is 0. The fourth-order valence-corrected chi connectivity index (χ4v) is 4.69. The van der Waals surface area contributed by atoms with Gasteiger partial charge in [0.05, 0.1) is 12.1 Å². The lowest BCUT2D eigenvalue weighted by atomic mass is 9.74. The van der Waals surface area contributed by atoms with Crippen molar-refractivity contribution in [2.24, 2.45) is 35.3 Å². The first-order chi connectivity index (χ1) is 18.7. The van der Waals surface area contributed by atoms with Gasteiger partial charge in [-0.3, -0.25) is 34.1 Å². The Labute approximate surface area is 233 Å². The second-order valence-electron chi connectivity index (χ2n) is 10.9. The Morgan fingerprint density at radius 3 is 2.20 bits per heavy atom. The number of aliphatic carboxylic acids is 1. The highest BCUT2D eigenvalue weighted by atomic mass is 16.5. The standard InChI is InChI=1S/C28H39N3O9/c1-14(2)10-18(29)20(32)11-17(15(3)4)26(36)31-27(37)24-23(28(38)39)21(33)12-19(25(24)35)30-22(34)13-40-16-8-6-5-7-9-16/h5-9,14-15,17-20,23-24,32H,10-13,29H2,1-4H3,(H,30,34)(H,38,39)(H,31,36,37)/t17?,18-,19-,20-,23?,24-/m0/s1. The molecule has 0 spiro atoms. The predicted molar refractivity (Wildman–Crippen MR) is 143 cm³/mol. The molecule has 40 heavy (non-hydrogen) atoms. The summed E-state index contributed by atoms with van der Waals surface area (Å²) in [7, 11) is 0. The zero-order valence-corrected chi connectivity index (χ0v) is 23.2. The third kappa shape index (κ3) is 8.95. The van der Waals surface area contributed by atoms with E-state index in [1.807, 2.05) is 13.8 Å². The molecule has 12 nitrogen and oxygen atoms in total. The summed E-state index contributed by atoms with van der Waals surface area (Å²) in [4.78, 5) is 76.3. The summed E-state index contributed by atoms with van der Waals surface area (Å²) in [6, 6.07) is 6.28. The van der Waals surface area contributed by atoms with Gasteiger partial charge in [0, 0.05) is 18.4 Å². The molecule has 6 N–H and O–H groups in total. The number of ether oxygens (including phenoxy) is 1. The quantitative estimate of drug-likeness (QED) is 0.210. The third-order valence-electron chi connectivity index (χ3n) is 6.85. The van der Waals surface area contributed by atoms with Crippen LogP contribution in [-0.2, 0) is 28.8 Å². The number of nitrogens with two attached hydrogens (primary N) is 1. The number of para-hydroxylation sites is 1. The lowest BCUT2D eigenvalue weighted by Crippen LogP contribution is -2.59. The van der Waals surface area contributed by atoms with E-state index in [0.29, 0.717) is 12.2 Å². The van der Waals surface area contributed by atoms with Crippen LogP contribution in [0.15, 0.2) is 30.3 Å². The van der Waals surface area contributed by atoms with Gasteiger partial charge in [-0.1, -0.05) is 45.9 Å². The van der Waals surface area contributed by atoms with E-state index in [9.17, 15) is 39.0 Å². The fraction of sp³-hybridized carbons (Fsp3) is 0.571. The lowest BCUT2D eigenvalue weighted by Gasteiger charge is -2.32. The Hall–Kier alpha value is -3.64. The maximum absolute atomic E-state index is 13.2. The van der Waals surface area contributed by atoms with Crippen molar-refractivity contribution in [1.29, 1.82) is 0 Å². The maximum atomic E-state index is 13.2. The largest absolute Gasteiger partial charge is 0.484 e. The Morgan fingerprint density at radius 1 is 1.02 bits per heavy atom. The number of carbonyl (C=O) groups excluding carboxylic acids is 5. The number of imide groups is 1. The number of ketones is 2. The molecule has 1 aliphatic carbocycles. The first kappa shape index (κ1) is 32.6. The minimum Gasteiger partial charge on any atom is -0.484 e. The number of benzene rings is 1. The predicted octanol–water partition coefficient (Wildman–Crippen LogP) is 0.449. The van der Waals surface area contributed by atoms with Gasteiger partial charge in [0.25, 0.3) is 5.91 Å². The maximum Gasteiger partial charge on any atom is 0.315 e. The van der Waals surface area contributed by atoms with Crippen molar-refractivity contribution in [3.63, 3.8) is 0 Å². The van der Waals surface area contributed by atoms with Crippen LogP contribution >= 0.6 is 0 Å². The summed E-state index contributed by atoms with van der Waals surface area (Å²) in [6.07, 6.45) is -1.23. The van der Waals surface area contributed by atoms with Crippen molar-refractivity contribution in [3.8, 4) is 5.75 Å². The molecule has 3 amide bonds. The zero-order valence-electron chi connectivity index (χ0n) is 23.2. The second kappa shape index (κ2) is 14.7. The molecule has 2 rings (SSSR count). The van der Waals surface area contributed by atoms with Crippen LogP contribution in [0.25, 0.3) is 0 Å². The molecule has 6 atom stereocenters. The van der Waals surface area contributed by atoms with Gasteiger partial charge in [-0.25, -0.2) is 0 Å². The number of carbonyl (C=O) groups is 6. The molecule has 2 unspecified atom stereocenters. The lowest BCUT2D eigenvalue weighted by molar-refractivity contribution is -0.160. The van der Waals surface area contributed by atoms with Crippen LogP contribution < -0.4 is 21.1 Å². The summed E-state index contributed by atoms with van der Waals surface area (Å²) in [5.41, 5.74) is 6.04. The summed E-state index contributed by atoms with van der Waals surface area (Å²) in [5, 5.41) is 24.5. The van der Waals surface area contributed by atoms with Gasteiger partial charge in [0.1, 0.15) is 17.6 Å². The summed E-state index contributed by atoms with van der Waals surface area (Å²) in [5.74, 6) is -11.2. The molecule has 0 heterocycles. The number of hydrogen-bond donors (Lipinski definition) is 5. The van der Waals surface area contributed by atoms with E-state index >= 15 is 0 Å². The van der Waals surface area contributed by atoms with Crippen molar-refractivity contribution in [1.82, 2.24) is 10.6 Å². The molecule has 1 fully saturated rings. The first-order valence-corrected chi connectivity index (χ1v) is 13.3. The molecule has 0 saturated heterocycles. The Bertz CT molecular complexity index is 1090. The monoisotopic (exact) mass is 561 g/mol. The van der Waals surface area contributed by atoms with Crippen LogP contribution in [0.3, 0.4) is 0 Å². The van der Waals surface area contributed by atoms with E-state index in [2.05, 4.69) is 10.6 Å². The van der Waals surface area contributed by atoms with Crippen LogP contribution in [0.1, 0.15) is 47.0 Å². The van der Waals surface area contributed by atoms with Gasteiger partial charge in [0.15, 0.2) is 18.2 Å². The number of aliphatic hydroxyl groups excluding tert-OH is 1. The third-order valence-corrected chi connectivity index (χ3v) is 6.85. The van der Waals surface area contributed by atoms with Gasteiger partial charge < -0.3 is 26.0 Å². The Kier molecular flexibility index (Phi) is 11.9. The topological polar surface area (TPSA) is 202 Å². The number of aliphatic hydroxyl groups is 1. The highest BCUT2D eigenvalue weighted by Gasteiger charge is 2.51. The molecule has 0 radical (unpaired) electrons. The average Bonchev–Trinajstić information content (AvgIpc) is 2.87. The van der Waals surface area contributed by atoms with Crippen molar-refractivity contribution >= 4 is 35.3 Å². The van der Waals surface area contributed by atoms with Gasteiger partial charge in [0.2, 0.25) is 11.8 Å². The number of amides is 3. The number of Topliss-reactive ketones (excluding diaryl/α,β-unsaturated/α-hetero) is 2. The molecule has 1 saturated carbocycles. The minimum atomic E-state index is -2.04. The van der Waals surface area contributed by atoms with E-state index in [1.54, 1.807) is 44.2 Å². The van der Waals surface area contributed by atoms with E-state index in [1.165, 1.54) is 0 Å². The highest BCUT2D eigenvalue weighted by molar-refractivity contribution is 6.19. The van der Waals surface area contributed by atoms with Crippen LogP contribution in [0.4, 0.5) is 0 Å². The van der Waals surface area contributed by atoms with Crippen LogP contribution in [-0.4, -0.2) is 70.3 Å². The average molecular weight is 562 g/mol. The minimum absolute atomic E-state index is 0.0648. The van der Waals surface area contributed by atoms with Crippen molar-refractivity contribution in [2.45, 2.75) is 65.1 Å². The number of carboxylic acid groups (broad SMARTS) is 1. The van der Waals surface area contributed by atoms with Gasteiger partial charge in [-0.2, -0.15) is 0 Å². The molecule has 0 aromatic heterocycles. The fourth-order valence-electron chi connectivity index (χ4n) is 4.69. The van der Waals surface area contributed by atoms with E-state index in [4.69, 9.17) is 10.5 Å². The number of nitrogens with one attached hydrogen (secondary N) is 2. The molecule has 1 aromatic carbocycles. The molecule has 220 valence electrons. The van der Waals surface area contributed by atoms with E-state index in [0.717, 1.165) is 0 Å². The van der Waals surface area contributed by atoms with Gasteiger partial charge >= 0.3 is 5.97 Å². The van der Waals surface area contributed by atoms with E-state index in [-0.39, 0.29) is 18.3 Å². The van der Waals surface area contributed by atoms with E-state index < -0.39 is 84.2 Å². The normalized spacial score (nSPS) is 21.4. The van der Waals surface area contributed by atoms with Crippen molar-refractivity contribution in [3.05, 3.63) is 30.3 Å². The van der Waals surface area contributed by atoms with Crippen LogP contribution in [0.5, 0.6) is 5.75 Å². The first-order valence-electron chi connectivity index (χ1n) is 13.3.